The van der Waals surface area contributed by atoms with Crippen LogP contribution in [0.1, 0.15) is 42.6 Å². The normalized spacial score (nSPS) is 17.4. The minimum Gasteiger partial charge on any atom is -0.473 e. The van der Waals surface area contributed by atoms with Gasteiger partial charge in [-0.25, -0.2) is 15.3 Å². The third-order valence-corrected chi connectivity index (χ3v) is 4.67. The first-order valence-corrected chi connectivity index (χ1v) is 10.0. The second-order valence-electron chi connectivity index (χ2n) is 8.20. The number of carbonyl (C=O) groups excluding carboxylic acids is 1. The molecule has 6 N–H and O–H groups in total. The first kappa shape index (κ1) is 23.7. The molecule has 1 aromatic carbocycles. The van der Waals surface area contributed by atoms with Crippen LogP contribution in [0.25, 0.3) is 11.4 Å². The number of nitrogen functional groups attached to an aromatic ring is 1. The van der Waals surface area contributed by atoms with Crippen molar-refractivity contribution in [3.63, 3.8) is 0 Å². The van der Waals surface area contributed by atoms with Gasteiger partial charge in [0, 0.05) is 24.4 Å². The summed E-state index contributed by atoms with van der Waals surface area (Å²) < 4.78 is 5.87. The minimum atomic E-state index is -1.18. The minimum absolute atomic E-state index is 0.108. The van der Waals surface area contributed by atoms with Gasteiger partial charge in [0.15, 0.2) is 5.82 Å². The van der Waals surface area contributed by atoms with Gasteiger partial charge in [-0.05, 0) is 26.0 Å². The highest BCUT2D eigenvalue weighted by molar-refractivity contribution is 6.00. The number of amides is 2. The number of hydroxylamine groups is 1. The summed E-state index contributed by atoms with van der Waals surface area (Å²) in [6.07, 6.45) is -0.774. The number of aromatic nitrogens is 2. The van der Waals surface area contributed by atoms with Gasteiger partial charge in [-0.1, -0.05) is 12.1 Å². The maximum absolute atomic E-state index is 12.7. The van der Waals surface area contributed by atoms with Gasteiger partial charge < -0.3 is 26.0 Å². The van der Waals surface area contributed by atoms with Crippen molar-refractivity contribution < 1.29 is 29.4 Å². The molecule has 0 radical (unpaired) electrons. The first-order chi connectivity index (χ1) is 15.6. The van der Waals surface area contributed by atoms with Crippen molar-refractivity contribution in [1.29, 1.82) is 5.26 Å². The van der Waals surface area contributed by atoms with Gasteiger partial charge in [0.1, 0.15) is 24.1 Å². The van der Waals surface area contributed by atoms with Crippen molar-refractivity contribution in [2.24, 2.45) is 0 Å². The Balaban J connectivity index is 1.88. The molecule has 0 spiro atoms. The third kappa shape index (κ3) is 6.28. The smallest absolute Gasteiger partial charge is 0.404 e. The van der Waals surface area contributed by atoms with E-state index < -0.39 is 23.7 Å². The number of nitrogens with two attached hydrogens (primary N) is 1. The zero-order valence-electron chi connectivity index (χ0n) is 18.0. The molecule has 1 saturated carbocycles. The highest BCUT2D eigenvalue weighted by atomic mass is 16.7. The summed E-state index contributed by atoms with van der Waals surface area (Å²) in [5, 5.41) is 30.1. The van der Waals surface area contributed by atoms with Crippen LogP contribution in [-0.4, -0.2) is 56.5 Å². The highest BCUT2D eigenvalue weighted by Gasteiger charge is 2.34. The number of hydrogen-bond acceptors (Lipinski definition) is 9. The van der Waals surface area contributed by atoms with Gasteiger partial charge in [0.2, 0.25) is 5.88 Å². The van der Waals surface area contributed by atoms with E-state index in [1.165, 1.54) is 13.8 Å². The van der Waals surface area contributed by atoms with Crippen LogP contribution in [-0.2, 0) is 4.84 Å². The number of carboxylic acid groups (broad SMARTS) is 1. The van der Waals surface area contributed by atoms with Crippen molar-refractivity contribution in [1.82, 2.24) is 20.8 Å². The maximum atomic E-state index is 12.7. The second kappa shape index (κ2) is 9.68. The number of anilines is 1. The lowest BCUT2D eigenvalue weighted by Crippen LogP contribution is -2.48. The average molecular weight is 456 g/mol. The van der Waals surface area contributed by atoms with E-state index in [1.807, 2.05) is 6.07 Å². The zero-order chi connectivity index (χ0) is 24.2. The summed E-state index contributed by atoms with van der Waals surface area (Å²) in [4.78, 5) is 37.1. The predicted molar refractivity (Wildman–Crippen MR) is 115 cm³/mol. The molecule has 174 valence electrons. The first-order valence-electron chi connectivity index (χ1n) is 10.0. The van der Waals surface area contributed by atoms with Gasteiger partial charge >= 0.3 is 6.09 Å². The monoisotopic (exact) mass is 456 g/mol. The number of carbonyl (C=O) groups is 2. The fraction of sp³-hybridized carbons (Fsp3) is 0.381. The Morgan fingerprint density at radius 1 is 1.33 bits per heavy atom. The van der Waals surface area contributed by atoms with Gasteiger partial charge in [-0.15, -0.1) is 0 Å². The number of rotatable bonds is 8. The van der Waals surface area contributed by atoms with Crippen LogP contribution in [0.15, 0.2) is 24.3 Å². The van der Waals surface area contributed by atoms with Gasteiger partial charge in [-0.3, -0.25) is 9.63 Å². The Labute approximate surface area is 189 Å². The Morgan fingerprint density at radius 2 is 2.06 bits per heavy atom. The molecule has 12 heteroatoms. The number of benzene rings is 1. The molecule has 1 aliphatic rings. The summed E-state index contributed by atoms with van der Waals surface area (Å²) in [5.74, 6) is -0.916. The molecule has 3 rings (SSSR count). The average Bonchev–Trinajstić information content (AvgIpc) is 2.70. The Kier molecular flexibility index (Phi) is 6.95. The third-order valence-electron chi connectivity index (χ3n) is 4.67. The van der Waals surface area contributed by atoms with Crippen LogP contribution in [0.4, 0.5) is 10.6 Å². The number of aliphatic hydroxyl groups is 1. The summed E-state index contributed by atoms with van der Waals surface area (Å²) in [6.45, 7) is 2.83. The molecule has 1 fully saturated rings. The Hall–Kier alpha value is -3.95. The fourth-order valence-corrected chi connectivity index (χ4v) is 3.05. The number of ether oxygens (including phenoxy) is 1. The van der Waals surface area contributed by atoms with Crippen LogP contribution >= 0.6 is 0 Å². The Bertz CT molecular complexity index is 1090. The summed E-state index contributed by atoms with van der Waals surface area (Å²) >= 11 is 0. The van der Waals surface area contributed by atoms with Gasteiger partial charge in [0.25, 0.3) is 5.91 Å². The molecule has 2 amide bonds. The van der Waals surface area contributed by atoms with Crippen LogP contribution in [0.3, 0.4) is 0 Å². The number of nitrogens with one attached hydrogen (secondary N) is 2. The number of nitrogens with zero attached hydrogens (tertiary/aromatic N) is 3. The van der Waals surface area contributed by atoms with Crippen molar-refractivity contribution in [3.8, 4) is 23.3 Å². The molecule has 0 unspecified atom stereocenters. The molecular weight excluding hydrogens is 432 g/mol. The molecule has 1 heterocycles. The van der Waals surface area contributed by atoms with Crippen LogP contribution in [0.5, 0.6) is 5.88 Å². The predicted octanol–water partition coefficient (Wildman–Crippen LogP) is 1.21. The number of nitriles is 1. The largest absolute Gasteiger partial charge is 0.473 e. The van der Waals surface area contributed by atoms with E-state index in [0.717, 1.165) is 0 Å². The molecule has 12 nitrogen and oxygen atoms in total. The van der Waals surface area contributed by atoms with Gasteiger partial charge in [-0.2, -0.15) is 10.2 Å². The van der Waals surface area contributed by atoms with E-state index in [-0.39, 0.29) is 35.7 Å². The maximum Gasteiger partial charge on any atom is 0.404 e. The topological polar surface area (TPSA) is 193 Å². The van der Waals surface area contributed by atoms with E-state index in [9.17, 15) is 14.7 Å². The SMILES string of the molecule is CC(C)(O)CONC(=O)c1c(N)nc(-c2cccc(C#N)c2)nc1OC1CC(NC(=O)O)C1. The molecule has 1 aromatic heterocycles. The molecule has 1 aliphatic carbocycles. The van der Waals surface area contributed by atoms with Gasteiger partial charge in [0.05, 0.1) is 17.2 Å². The van der Waals surface area contributed by atoms with E-state index >= 15 is 0 Å². The molecular formula is C21H24N6O6. The molecule has 33 heavy (non-hydrogen) atoms. The summed E-state index contributed by atoms with van der Waals surface area (Å²) in [5.41, 5.74) is 7.79. The zero-order valence-corrected chi connectivity index (χ0v) is 18.0. The highest BCUT2D eigenvalue weighted by Crippen LogP contribution is 2.31. The summed E-state index contributed by atoms with van der Waals surface area (Å²) in [7, 11) is 0. The standard InChI is InChI=1S/C21H24N6O6/c1-21(2,31)10-32-27-18(28)15-16(23)25-17(12-5-3-4-11(6-12)9-22)26-19(15)33-14-7-13(8-14)24-20(29)30/h3-6,13-14,24,31H,7-8,10H2,1-2H3,(H,27,28)(H,29,30)(H2,23,25,26). The second-order valence-corrected chi connectivity index (χ2v) is 8.20. The Morgan fingerprint density at radius 3 is 2.70 bits per heavy atom. The molecule has 0 bridgehead atoms. The molecule has 0 atom stereocenters. The van der Waals surface area contributed by atoms with E-state index in [2.05, 4.69) is 20.8 Å². The van der Waals surface area contributed by atoms with Crippen LogP contribution < -0.4 is 21.3 Å². The van der Waals surface area contributed by atoms with Crippen molar-refractivity contribution in [2.45, 2.75) is 44.4 Å². The van der Waals surface area contributed by atoms with Crippen molar-refractivity contribution >= 4 is 17.8 Å². The van der Waals surface area contributed by atoms with E-state index in [4.69, 9.17) is 25.7 Å². The quantitative estimate of drug-likeness (QED) is 0.360. The molecule has 0 aliphatic heterocycles. The lowest BCUT2D eigenvalue weighted by Gasteiger charge is -2.35. The number of hydrogen-bond donors (Lipinski definition) is 5. The lowest BCUT2D eigenvalue weighted by molar-refractivity contribution is -0.0523. The van der Waals surface area contributed by atoms with Crippen molar-refractivity contribution in [3.05, 3.63) is 35.4 Å². The fourth-order valence-electron chi connectivity index (χ4n) is 3.05. The van der Waals surface area contributed by atoms with E-state index in [0.29, 0.717) is 24.0 Å². The molecule has 0 saturated heterocycles. The molecule has 2 aromatic rings. The lowest BCUT2D eigenvalue weighted by atomic mass is 9.89. The van der Waals surface area contributed by atoms with Crippen molar-refractivity contribution in [2.75, 3.05) is 12.3 Å². The summed E-state index contributed by atoms with van der Waals surface area (Å²) in [6, 6.07) is 8.29. The van der Waals surface area contributed by atoms with E-state index in [1.54, 1.807) is 24.3 Å². The van der Waals surface area contributed by atoms with Crippen LogP contribution in [0, 0.1) is 11.3 Å². The van der Waals surface area contributed by atoms with Crippen LogP contribution in [0.2, 0.25) is 0 Å².